The molecule has 0 spiro atoms. The number of nitrogens with zero attached hydrogens (tertiary/aromatic N) is 2. The van der Waals surface area contributed by atoms with Crippen LogP contribution < -0.4 is 10.6 Å². The molecule has 0 bridgehead atoms. The second-order valence-corrected chi connectivity index (χ2v) is 5.21. The molecule has 2 amide bonds. The fraction of sp³-hybridized carbons (Fsp3) is 0.0556. The van der Waals surface area contributed by atoms with Gasteiger partial charge in [0, 0.05) is 36.3 Å². The third-order valence-corrected chi connectivity index (χ3v) is 3.36. The highest BCUT2D eigenvalue weighted by Crippen LogP contribution is 2.15. The Kier molecular flexibility index (Phi) is 4.38. The molecule has 2 N–H and O–H groups in total. The van der Waals surface area contributed by atoms with Crippen molar-refractivity contribution in [1.82, 2.24) is 9.78 Å². The van der Waals surface area contributed by atoms with Crippen molar-refractivity contribution in [2.24, 2.45) is 0 Å². The Morgan fingerprint density at radius 1 is 0.917 bits per heavy atom. The summed E-state index contributed by atoms with van der Waals surface area (Å²) < 4.78 is 1.74. The van der Waals surface area contributed by atoms with Gasteiger partial charge in [0.1, 0.15) is 0 Å². The summed E-state index contributed by atoms with van der Waals surface area (Å²) in [4.78, 5) is 23.2. The van der Waals surface area contributed by atoms with Crippen LogP contribution in [0, 0.1) is 0 Å². The average Bonchev–Trinajstić information content (AvgIpc) is 3.10. The molecular weight excluding hydrogens is 304 g/mol. The molecule has 0 saturated heterocycles. The quantitative estimate of drug-likeness (QED) is 0.775. The van der Waals surface area contributed by atoms with Crippen LogP contribution in [0.2, 0.25) is 0 Å². The number of rotatable bonds is 4. The molecule has 0 atom stereocenters. The van der Waals surface area contributed by atoms with E-state index in [4.69, 9.17) is 0 Å². The first-order chi connectivity index (χ1) is 11.6. The lowest BCUT2D eigenvalue weighted by molar-refractivity contribution is -0.114. The molecular formula is C18H16N4O2. The van der Waals surface area contributed by atoms with Gasteiger partial charge in [0.25, 0.3) is 5.91 Å². The van der Waals surface area contributed by atoms with Crippen molar-refractivity contribution in [1.29, 1.82) is 0 Å². The maximum Gasteiger partial charge on any atom is 0.255 e. The third kappa shape index (κ3) is 3.67. The van der Waals surface area contributed by atoms with E-state index in [0.29, 0.717) is 16.9 Å². The first-order valence-corrected chi connectivity index (χ1v) is 7.41. The molecule has 0 aliphatic carbocycles. The van der Waals surface area contributed by atoms with Gasteiger partial charge in [-0.1, -0.05) is 0 Å². The predicted molar refractivity (Wildman–Crippen MR) is 92.3 cm³/mol. The van der Waals surface area contributed by atoms with E-state index in [1.165, 1.54) is 6.92 Å². The lowest BCUT2D eigenvalue weighted by Crippen LogP contribution is -2.12. The number of carbonyl (C=O) groups excluding carboxylic acids is 2. The standard InChI is InChI=1S/C18H16N4O2/c1-13(23)20-15-5-3-14(4-6-15)18(24)21-16-7-9-17(10-8-16)22-12-2-11-19-22/h2-12H,1H3,(H,20,23)(H,21,24). The van der Waals surface area contributed by atoms with E-state index in [1.807, 2.05) is 36.5 Å². The van der Waals surface area contributed by atoms with Crippen LogP contribution in [0.25, 0.3) is 5.69 Å². The summed E-state index contributed by atoms with van der Waals surface area (Å²) in [6.45, 7) is 1.44. The van der Waals surface area contributed by atoms with Crippen molar-refractivity contribution >= 4 is 23.2 Å². The summed E-state index contributed by atoms with van der Waals surface area (Å²) in [6.07, 6.45) is 3.56. The molecule has 6 nitrogen and oxygen atoms in total. The molecule has 0 fully saturated rings. The lowest BCUT2D eigenvalue weighted by Gasteiger charge is -2.08. The minimum Gasteiger partial charge on any atom is -0.326 e. The highest BCUT2D eigenvalue weighted by atomic mass is 16.2. The van der Waals surface area contributed by atoms with Crippen LogP contribution in [0.4, 0.5) is 11.4 Å². The first kappa shape index (κ1) is 15.5. The third-order valence-electron chi connectivity index (χ3n) is 3.36. The molecule has 1 heterocycles. The van der Waals surface area contributed by atoms with Crippen LogP contribution in [0.5, 0.6) is 0 Å². The second kappa shape index (κ2) is 6.78. The second-order valence-electron chi connectivity index (χ2n) is 5.21. The van der Waals surface area contributed by atoms with Gasteiger partial charge in [-0.25, -0.2) is 4.68 Å². The van der Waals surface area contributed by atoms with Crippen molar-refractivity contribution < 1.29 is 9.59 Å². The van der Waals surface area contributed by atoms with E-state index in [0.717, 1.165) is 5.69 Å². The van der Waals surface area contributed by atoms with Gasteiger partial charge in [-0.2, -0.15) is 5.10 Å². The van der Waals surface area contributed by atoms with Gasteiger partial charge >= 0.3 is 0 Å². The van der Waals surface area contributed by atoms with Gasteiger partial charge in [-0.15, -0.1) is 0 Å². The zero-order chi connectivity index (χ0) is 16.9. The Bertz CT molecular complexity index is 838. The molecule has 3 rings (SSSR count). The molecule has 1 aromatic heterocycles. The summed E-state index contributed by atoms with van der Waals surface area (Å²) in [5.41, 5.74) is 2.78. The smallest absolute Gasteiger partial charge is 0.255 e. The molecule has 0 aliphatic heterocycles. The Hall–Kier alpha value is -3.41. The molecule has 2 aromatic carbocycles. The summed E-state index contributed by atoms with van der Waals surface area (Å²) in [7, 11) is 0. The van der Waals surface area contributed by atoms with Crippen molar-refractivity contribution in [2.75, 3.05) is 10.6 Å². The van der Waals surface area contributed by atoms with Gasteiger partial charge in [0.05, 0.1) is 5.69 Å². The summed E-state index contributed by atoms with van der Waals surface area (Å²) in [5.74, 6) is -0.360. The number of benzene rings is 2. The molecule has 24 heavy (non-hydrogen) atoms. The van der Waals surface area contributed by atoms with Crippen LogP contribution in [0.1, 0.15) is 17.3 Å². The van der Waals surface area contributed by atoms with Gasteiger partial charge in [0.15, 0.2) is 0 Å². The van der Waals surface area contributed by atoms with E-state index in [1.54, 1.807) is 35.1 Å². The van der Waals surface area contributed by atoms with E-state index < -0.39 is 0 Å². The Morgan fingerprint density at radius 3 is 2.12 bits per heavy atom. The van der Waals surface area contributed by atoms with E-state index >= 15 is 0 Å². The lowest BCUT2D eigenvalue weighted by atomic mass is 10.2. The van der Waals surface area contributed by atoms with Crippen LogP contribution in [0.3, 0.4) is 0 Å². The molecule has 0 radical (unpaired) electrons. The number of amides is 2. The number of nitrogens with one attached hydrogen (secondary N) is 2. The minimum atomic E-state index is -0.212. The largest absolute Gasteiger partial charge is 0.326 e. The number of hydrogen-bond donors (Lipinski definition) is 2. The molecule has 120 valence electrons. The van der Waals surface area contributed by atoms with Crippen molar-refractivity contribution in [2.45, 2.75) is 6.92 Å². The zero-order valence-corrected chi connectivity index (χ0v) is 13.1. The van der Waals surface area contributed by atoms with Gasteiger partial charge in [0.2, 0.25) is 5.91 Å². The summed E-state index contributed by atoms with van der Waals surface area (Å²) in [5, 5.41) is 9.65. The predicted octanol–water partition coefficient (Wildman–Crippen LogP) is 3.08. The normalized spacial score (nSPS) is 10.2. The molecule has 6 heteroatoms. The van der Waals surface area contributed by atoms with Crippen LogP contribution in [-0.2, 0) is 4.79 Å². The SMILES string of the molecule is CC(=O)Nc1ccc(C(=O)Nc2ccc(-n3cccn3)cc2)cc1. The average molecular weight is 320 g/mol. The molecule has 0 aliphatic rings. The fourth-order valence-corrected chi connectivity index (χ4v) is 2.23. The zero-order valence-electron chi connectivity index (χ0n) is 13.1. The first-order valence-electron chi connectivity index (χ1n) is 7.41. The Balaban J connectivity index is 1.67. The highest BCUT2D eigenvalue weighted by Gasteiger charge is 2.07. The van der Waals surface area contributed by atoms with E-state index in [2.05, 4.69) is 15.7 Å². The van der Waals surface area contributed by atoms with Gasteiger partial charge < -0.3 is 10.6 Å². The maximum atomic E-state index is 12.2. The number of hydrogen-bond acceptors (Lipinski definition) is 3. The van der Waals surface area contributed by atoms with Crippen LogP contribution in [-0.4, -0.2) is 21.6 Å². The van der Waals surface area contributed by atoms with Crippen LogP contribution in [0.15, 0.2) is 67.0 Å². The van der Waals surface area contributed by atoms with E-state index in [-0.39, 0.29) is 11.8 Å². The monoisotopic (exact) mass is 320 g/mol. The van der Waals surface area contributed by atoms with Crippen molar-refractivity contribution in [3.8, 4) is 5.69 Å². The van der Waals surface area contributed by atoms with E-state index in [9.17, 15) is 9.59 Å². The molecule has 0 saturated carbocycles. The van der Waals surface area contributed by atoms with Gasteiger partial charge in [-0.3, -0.25) is 9.59 Å². The summed E-state index contributed by atoms with van der Waals surface area (Å²) >= 11 is 0. The van der Waals surface area contributed by atoms with Crippen LogP contribution >= 0.6 is 0 Å². The highest BCUT2D eigenvalue weighted by molar-refractivity contribution is 6.04. The Morgan fingerprint density at radius 2 is 1.54 bits per heavy atom. The van der Waals surface area contributed by atoms with Crippen molar-refractivity contribution in [3.63, 3.8) is 0 Å². The topological polar surface area (TPSA) is 76.0 Å². The van der Waals surface area contributed by atoms with Gasteiger partial charge in [-0.05, 0) is 54.6 Å². The minimum absolute atomic E-state index is 0.149. The number of carbonyl (C=O) groups is 2. The maximum absolute atomic E-state index is 12.2. The molecule has 0 unspecified atom stereocenters. The Labute approximate surface area is 139 Å². The molecule has 3 aromatic rings. The number of aromatic nitrogens is 2. The van der Waals surface area contributed by atoms with Crippen molar-refractivity contribution in [3.05, 3.63) is 72.6 Å². The number of anilines is 2. The fourth-order valence-electron chi connectivity index (χ4n) is 2.23. The summed E-state index contributed by atoms with van der Waals surface area (Å²) in [6, 6.07) is 16.0.